The normalized spacial score (nSPS) is 16.9. The van der Waals surface area contributed by atoms with Crippen LogP contribution in [0.15, 0.2) is 48.5 Å². The second-order valence-electron chi connectivity index (χ2n) is 6.60. The van der Waals surface area contributed by atoms with Gasteiger partial charge in [-0.3, -0.25) is 9.69 Å². The number of nitrogens with one attached hydrogen (secondary N) is 2. The molecular weight excluding hydrogens is 381 g/mol. The van der Waals surface area contributed by atoms with Crippen LogP contribution in [0.2, 0.25) is 0 Å². The number of carbonyl (C=O) groups is 1. The van der Waals surface area contributed by atoms with Crippen molar-refractivity contribution in [3.8, 4) is 5.75 Å². The number of halogens is 2. The van der Waals surface area contributed by atoms with Crippen molar-refractivity contribution < 1.29 is 13.9 Å². The van der Waals surface area contributed by atoms with Crippen molar-refractivity contribution in [3.05, 3.63) is 65.5 Å². The lowest BCUT2D eigenvalue weighted by Crippen LogP contribution is -2.49. The molecule has 1 atom stereocenters. The maximum atomic E-state index is 13.6. The van der Waals surface area contributed by atoms with E-state index in [4.69, 9.17) is 4.74 Å². The molecule has 7 heteroatoms. The predicted octanol–water partition coefficient (Wildman–Crippen LogP) is 2.91. The van der Waals surface area contributed by atoms with Crippen molar-refractivity contribution >= 4 is 18.3 Å². The largest absolute Gasteiger partial charge is 0.494 e. The number of benzene rings is 2. The Bertz CT molecular complexity index is 775. The van der Waals surface area contributed by atoms with Crippen LogP contribution in [0, 0.1) is 5.82 Å². The van der Waals surface area contributed by atoms with Gasteiger partial charge in [-0.2, -0.15) is 0 Å². The lowest BCUT2D eigenvalue weighted by molar-refractivity contribution is -0.123. The zero-order valence-electron chi connectivity index (χ0n) is 16.0. The SMILES string of the molecule is CCOc1cccc(CNC(=O)CN2CCNCC2c2cccc(F)c2)c1.Cl. The van der Waals surface area contributed by atoms with E-state index in [0.717, 1.165) is 30.0 Å². The third-order valence-electron chi connectivity index (χ3n) is 4.63. The quantitative estimate of drug-likeness (QED) is 0.741. The van der Waals surface area contributed by atoms with Crippen molar-refractivity contribution in [1.29, 1.82) is 0 Å². The van der Waals surface area contributed by atoms with Crippen LogP contribution in [0.4, 0.5) is 4.39 Å². The lowest BCUT2D eigenvalue weighted by atomic mass is 10.0. The molecule has 1 saturated heterocycles. The number of ether oxygens (including phenoxy) is 1. The summed E-state index contributed by atoms with van der Waals surface area (Å²) < 4.78 is 19.1. The van der Waals surface area contributed by atoms with E-state index in [1.165, 1.54) is 6.07 Å². The zero-order chi connectivity index (χ0) is 19.1. The van der Waals surface area contributed by atoms with Gasteiger partial charge >= 0.3 is 0 Å². The molecule has 0 radical (unpaired) electrons. The van der Waals surface area contributed by atoms with Gasteiger partial charge in [0.2, 0.25) is 5.91 Å². The Kier molecular flexibility index (Phi) is 8.70. The summed E-state index contributed by atoms with van der Waals surface area (Å²) in [5.41, 5.74) is 1.88. The topological polar surface area (TPSA) is 53.6 Å². The van der Waals surface area contributed by atoms with Gasteiger partial charge < -0.3 is 15.4 Å². The molecule has 2 aromatic carbocycles. The Hall–Kier alpha value is -2.15. The van der Waals surface area contributed by atoms with E-state index < -0.39 is 0 Å². The molecule has 1 heterocycles. The van der Waals surface area contributed by atoms with Crippen molar-refractivity contribution in [1.82, 2.24) is 15.5 Å². The minimum Gasteiger partial charge on any atom is -0.494 e. The van der Waals surface area contributed by atoms with Gasteiger partial charge in [0, 0.05) is 32.2 Å². The van der Waals surface area contributed by atoms with E-state index in [1.54, 1.807) is 12.1 Å². The summed E-state index contributed by atoms with van der Waals surface area (Å²) in [6.45, 7) is 5.55. The van der Waals surface area contributed by atoms with E-state index in [9.17, 15) is 9.18 Å². The molecule has 1 amide bonds. The Labute approximate surface area is 171 Å². The fourth-order valence-electron chi connectivity index (χ4n) is 3.33. The summed E-state index contributed by atoms with van der Waals surface area (Å²) in [6.07, 6.45) is 0. The van der Waals surface area contributed by atoms with E-state index in [2.05, 4.69) is 15.5 Å². The third kappa shape index (κ3) is 6.19. The highest BCUT2D eigenvalue weighted by molar-refractivity contribution is 5.85. The van der Waals surface area contributed by atoms with Crippen LogP contribution in [-0.4, -0.2) is 43.6 Å². The summed E-state index contributed by atoms with van der Waals surface area (Å²) in [7, 11) is 0. The number of hydrogen-bond acceptors (Lipinski definition) is 4. The standard InChI is InChI=1S/C21H26FN3O2.ClH/c1-2-27-19-8-3-5-16(11-19)13-24-21(26)15-25-10-9-23-14-20(25)17-6-4-7-18(22)12-17;/h3-8,11-12,20,23H,2,9-10,13-15H2,1H3,(H,24,26);1H. The first-order chi connectivity index (χ1) is 13.2. The molecule has 1 aliphatic rings. The van der Waals surface area contributed by atoms with E-state index >= 15 is 0 Å². The number of amides is 1. The summed E-state index contributed by atoms with van der Waals surface area (Å²) >= 11 is 0. The van der Waals surface area contributed by atoms with Crippen LogP contribution in [0.25, 0.3) is 0 Å². The molecule has 0 aliphatic carbocycles. The first kappa shape index (κ1) is 22.1. The number of piperazine rings is 1. The van der Waals surface area contributed by atoms with Crippen LogP contribution < -0.4 is 15.4 Å². The first-order valence-electron chi connectivity index (χ1n) is 9.34. The van der Waals surface area contributed by atoms with Crippen LogP contribution >= 0.6 is 12.4 Å². The highest BCUT2D eigenvalue weighted by Gasteiger charge is 2.25. The van der Waals surface area contributed by atoms with Gasteiger partial charge in [0.1, 0.15) is 11.6 Å². The maximum absolute atomic E-state index is 13.6. The van der Waals surface area contributed by atoms with Crippen molar-refractivity contribution in [2.24, 2.45) is 0 Å². The highest BCUT2D eigenvalue weighted by atomic mass is 35.5. The van der Waals surface area contributed by atoms with E-state index in [0.29, 0.717) is 19.7 Å². The van der Waals surface area contributed by atoms with Gasteiger partial charge in [-0.1, -0.05) is 24.3 Å². The van der Waals surface area contributed by atoms with Crippen molar-refractivity contribution in [3.63, 3.8) is 0 Å². The number of rotatable bonds is 7. The molecule has 28 heavy (non-hydrogen) atoms. The monoisotopic (exact) mass is 407 g/mol. The molecule has 2 N–H and O–H groups in total. The average Bonchev–Trinajstić information content (AvgIpc) is 2.67. The molecule has 152 valence electrons. The minimum atomic E-state index is -0.253. The smallest absolute Gasteiger partial charge is 0.234 e. The lowest BCUT2D eigenvalue weighted by Gasteiger charge is -2.36. The summed E-state index contributed by atoms with van der Waals surface area (Å²) in [5.74, 6) is 0.509. The van der Waals surface area contributed by atoms with E-state index in [-0.39, 0.29) is 36.7 Å². The maximum Gasteiger partial charge on any atom is 0.234 e. The molecule has 3 rings (SSSR count). The summed E-state index contributed by atoms with van der Waals surface area (Å²) in [5, 5.41) is 6.29. The fourth-order valence-corrected chi connectivity index (χ4v) is 3.33. The zero-order valence-corrected chi connectivity index (χ0v) is 16.8. The van der Waals surface area contributed by atoms with Gasteiger partial charge in [-0.25, -0.2) is 4.39 Å². The second kappa shape index (κ2) is 11.0. The Morgan fingerprint density at radius 2 is 2.11 bits per heavy atom. The molecule has 2 aromatic rings. The van der Waals surface area contributed by atoms with Gasteiger partial charge in [0.05, 0.1) is 13.2 Å². The number of nitrogens with zero attached hydrogens (tertiary/aromatic N) is 1. The van der Waals surface area contributed by atoms with Crippen LogP contribution in [0.5, 0.6) is 5.75 Å². The third-order valence-corrected chi connectivity index (χ3v) is 4.63. The van der Waals surface area contributed by atoms with Crippen LogP contribution in [-0.2, 0) is 11.3 Å². The Morgan fingerprint density at radius 1 is 1.29 bits per heavy atom. The fraction of sp³-hybridized carbons (Fsp3) is 0.381. The Balaban J connectivity index is 0.00000280. The molecule has 1 aliphatic heterocycles. The number of hydrogen-bond donors (Lipinski definition) is 2. The minimum absolute atomic E-state index is 0. The second-order valence-corrected chi connectivity index (χ2v) is 6.60. The predicted molar refractivity (Wildman–Crippen MR) is 110 cm³/mol. The van der Waals surface area contributed by atoms with Gasteiger partial charge in [-0.15, -0.1) is 12.4 Å². The molecule has 0 aromatic heterocycles. The summed E-state index contributed by atoms with van der Waals surface area (Å²) in [4.78, 5) is 14.6. The Morgan fingerprint density at radius 3 is 2.89 bits per heavy atom. The molecule has 0 saturated carbocycles. The molecule has 0 bridgehead atoms. The van der Waals surface area contributed by atoms with Gasteiger partial charge in [0.25, 0.3) is 0 Å². The average molecular weight is 408 g/mol. The van der Waals surface area contributed by atoms with Crippen LogP contribution in [0.1, 0.15) is 24.1 Å². The molecule has 1 fully saturated rings. The molecule has 5 nitrogen and oxygen atoms in total. The number of carbonyl (C=O) groups excluding carboxylic acids is 1. The van der Waals surface area contributed by atoms with Crippen LogP contribution in [0.3, 0.4) is 0 Å². The molecule has 1 unspecified atom stereocenters. The van der Waals surface area contributed by atoms with Crippen molar-refractivity contribution in [2.45, 2.75) is 19.5 Å². The highest BCUT2D eigenvalue weighted by Crippen LogP contribution is 2.22. The first-order valence-corrected chi connectivity index (χ1v) is 9.34. The van der Waals surface area contributed by atoms with Gasteiger partial charge in [-0.05, 0) is 42.3 Å². The van der Waals surface area contributed by atoms with Gasteiger partial charge in [0.15, 0.2) is 0 Å². The summed E-state index contributed by atoms with van der Waals surface area (Å²) in [6, 6.07) is 14.3. The van der Waals surface area contributed by atoms with Crippen molar-refractivity contribution in [2.75, 3.05) is 32.8 Å². The molecular formula is C21H27ClFN3O2. The molecule has 0 spiro atoms. The van der Waals surface area contributed by atoms with E-state index in [1.807, 2.05) is 37.3 Å².